The standard InChI is InChI=1S/C26H34N4/c1-19(15-29-13-12-22-6-3-4-7-23(22)16-29)14-27-20(2)25-18-30-17-24(21-8-5-9-21)10-11-26(30)28-25/h6-7,10-11,17-19,21,27H,2-5,8-9,12-16H2,1H3. The van der Waals surface area contributed by atoms with Crippen LogP contribution in [0.15, 0.2) is 54.4 Å². The lowest BCUT2D eigenvalue weighted by Crippen LogP contribution is -2.38. The third kappa shape index (κ3) is 4.11. The lowest BCUT2D eigenvalue weighted by atomic mass is 9.81. The molecule has 4 nitrogen and oxygen atoms in total. The number of likely N-dealkylation sites (tertiary alicyclic amines) is 1. The summed E-state index contributed by atoms with van der Waals surface area (Å²) in [5, 5.41) is 3.54. The summed E-state index contributed by atoms with van der Waals surface area (Å²) in [6.45, 7) is 10.9. The molecule has 1 unspecified atom stereocenters. The molecule has 158 valence electrons. The van der Waals surface area contributed by atoms with Crippen molar-refractivity contribution in [1.29, 1.82) is 0 Å². The van der Waals surface area contributed by atoms with Crippen LogP contribution in [0.25, 0.3) is 11.3 Å². The topological polar surface area (TPSA) is 32.6 Å². The molecule has 0 bridgehead atoms. The van der Waals surface area contributed by atoms with Crippen LogP contribution >= 0.6 is 0 Å². The molecule has 3 aliphatic rings. The summed E-state index contributed by atoms with van der Waals surface area (Å²) in [7, 11) is 0. The average Bonchev–Trinajstić information content (AvgIpc) is 3.14. The molecule has 2 fully saturated rings. The van der Waals surface area contributed by atoms with E-state index in [2.05, 4.69) is 64.8 Å². The van der Waals surface area contributed by atoms with E-state index in [1.54, 1.807) is 11.1 Å². The normalized spacial score (nSPS) is 20.8. The highest BCUT2D eigenvalue weighted by Crippen LogP contribution is 2.36. The second-order valence-corrected chi connectivity index (χ2v) is 9.47. The van der Waals surface area contributed by atoms with E-state index in [1.165, 1.54) is 50.6 Å². The van der Waals surface area contributed by atoms with Gasteiger partial charge in [-0.3, -0.25) is 4.90 Å². The number of rotatable bonds is 7. The van der Waals surface area contributed by atoms with E-state index in [4.69, 9.17) is 4.98 Å². The molecule has 1 saturated carbocycles. The molecular weight excluding hydrogens is 368 g/mol. The van der Waals surface area contributed by atoms with Gasteiger partial charge in [0.25, 0.3) is 0 Å². The Morgan fingerprint density at radius 3 is 2.83 bits per heavy atom. The number of aromatic nitrogens is 2. The summed E-state index contributed by atoms with van der Waals surface area (Å²) in [6.07, 6.45) is 16.9. The van der Waals surface area contributed by atoms with Gasteiger partial charge in [0.2, 0.25) is 0 Å². The average molecular weight is 403 g/mol. The van der Waals surface area contributed by atoms with Gasteiger partial charge in [-0.1, -0.05) is 38.1 Å². The van der Waals surface area contributed by atoms with Crippen LogP contribution in [0.2, 0.25) is 0 Å². The molecule has 3 heterocycles. The Labute approximate surface area is 180 Å². The number of pyridine rings is 1. The number of piperidine rings is 1. The lowest BCUT2D eigenvalue weighted by molar-refractivity contribution is 0.245. The highest BCUT2D eigenvalue weighted by Gasteiger charge is 2.22. The fourth-order valence-corrected chi connectivity index (χ4v) is 4.99. The molecule has 2 aromatic rings. The first-order valence-electron chi connectivity index (χ1n) is 11.7. The van der Waals surface area contributed by atoms with Crippen molar-refractivity contribution in [1.82, 2.24) is 19.6 Å². The number of hydrogen-bond acceptors (Lipinski definition) is 3. The zero-order valence-electron chi connectivity index (χ0n) is 18.2. The predicted molar refractivity (Wildman–Crippen MR) is 124 cm³/mol. The fraction of sp³-hybridized carbons (Fsp3) is 0.500. The third-order valence-corrected chi connectivity index (χ3v) is 7.05. The van der Waals surface area contributed by atoms with E-state index in [9.17, 15) is 0 Å². The fourth-order valence-electron chi connectivity index (χ4n) is 4.99. The van der Waals surface area contributed by atoms with Gasteiger partial charge in [-0.25, -0.2) is 4.98 Å². The lowest BCUT2D eigenvalue weighted by Gasteiger charge is -2.33. The van der Waals surface area contributed by atoms with Gasteiger partial charge in [-0.05, 0) is 66.7 Å². The van der Waals surface area contributed by atoms with Crippen molar-refractivity contribution in [2.45, 2.75) is 51.4 Å². The summed E-state index contributed by atoms with van der Waals surface area (Å²) in [6, 6.07) is 4.39. The van der Waals surface area contributed by atoms with Gasteiger partial charge in [0.1, 0.15) is 11.3 Å². The highest BCUT2D eigenvalue weighted by atomic mass is 15.1. The smallest absolute Gasteiger partial charge is 0.137 e. The van der Waals surface area contributed by atoms with E-state index in [0.717, 1.165) is 42.6 Å². The van der Waals surface area contributed by atoms with Crippen molar-refractivity contribution < 1.29 is 0 Å². The Hall–Kier alpha value is -2.33. The van der Waals surface area contributed by atoms with Crippen LogP contribution in [-0.2, 0) is 0 Å². The SMILES string of the molecule is C=C(NCC(C)CN1CCC2=CCCC=C2C1)c1cn2cc(C3CCC3)ccc2n1. The molecule has 0 aromatic carbocycles. The van der Waals surface area contributed by atoms with Gasteiger partial charge in [0, 0.05) is 38.6 Å². The number of fused-ring (bicyclic) bond motifs is 2. The van der Waals surface area contributed by atoms with Crippen LogP contribution < -0.4 is 5.32 Å². The quantitative estimate of drug-likeness (QED) is 0.695. The number of hydrogen-bond donors (Lipinski definition) is 1. The summed E-state index contributed by atoms with van der Waals surface area (Å²) >= 11 is 0. The van der Waals surface area contributed by atoms with Crippen LogP contribution in [-0.4, -0.2) is 40.5 Å². The van der Waals surface area contributed by atoms with Crippen molar-refractivity contribution in [2.24, 2.45) is 5.92 Å². The van der Waals surface area contributed by atoms with Crippen molar-refractivity contribution in [3.05, 3.63) is 65.7 Å². The van der Waals surface area contributed by atoms with Crippen molar-refractivity contribution in [2.75, 3.05) is 26.2 Å². The minimum absolute atomic E-state index is 0.568. The van der Waals surface area contributed by atoms with Crippen molar-refractivity contribution in [3.63, 3.8) is 0 Å². The van der Waals surface area contributed by atoms with Crippen molar-refractivity contribution >= 4 is 11.3 Å². The van der Waals surface area contributed by atoms with Crippen LogP contribution in [0.3, 0.4) is 0 Å². The van der Waals surface area contributed by atoms with Gasteiger partial charge in [-0.2, -0.15) is 0 Å². The molecular formula is C26H34N4. The third-order valence-electron chi connectivity index (χ3n) is 7.05. The van der Waals surface area contributed by atoms with E-state index in [1.807, 2.05) is 0 Å². The Bertz CT molecular complexity index is 992. The molecule has 1 saturated heterocycles. The maximum absolute atomic E-state index is 4.77. The first kappa shape index (κ1) is 19.6. The van der Waals surface area contributed by atoms with Gasteiger partial charge in [0.05, 0.1) is 5.70 Å². The number of nitrogens with one attached hydrogen (secondary N) is 1. The number of nitrogens with zero attached hydrogens (tertiary/aromatic N) is 3. The van der Waals surface area contributed by atoms with E-state index in [0.29, 0.717) is 5.92 Å². The van der Waals surface area contributed by atoms with E-state index < -0.39 is 0 Å². The first-order chi connectivity index (χ1) is 14.7. The van der Waals surface area contributed by atoms with Gasteiger partial charge >= 0.3 is 0 Å². The molecule has 0 spiro atoms. The molecule has 5 rings (SSSR count). The summed E-state index contributed by atoms with van der Waals surface area (Å²) in [4.78, 5) is 7.38. The van der Waals surface area contributed by atoms with Gasteiger partial charge < -0.3 is 9.72 Å². The second-order valence-electron chi connectivity index (χ2n) is 9.47. The summed E-state index contributed by atoms with van der Waals surface area (Å²) < 4.78 is 2.16. The number of allylic oxidation sites excluding steroid dienone is 2. The Kier molecular flexibility index (Phi) is 5.51. The van der Waals surface area contributed by atoms with Gasteiger partial charge in [-0.15, -0.1) is 0 Å². The Balaban J connectivity index is 1.15. The minimum Gasteiger partial charge on any atom is -0.383 e. The first-order valence-corrected chi connectivity index (χ1v) is 11.7. The molecule has 4 heteroatoms. The largest absolute Gasteiger partial charge is 0.383 e. The highest BCUT2D eigenvalue weighted by molar-refractivity contribution is 5.61. The number of imidazole rings is 1. The zero-order chi connectivity index (χ0) is 20.5. The van der Waals surface area contributed by atoms with E-state index >= 15 is 0 Å². The molecule has 2 aliphatic carbocycles. The molecule has 1 aliphatic heterocycles. The Morgan fingerprint density at radius 1 is 1.20 bits per heavy atom. The van der Waals surface area contributed by atoms with E-state index in [-0.39, 0.29) is 0 Å². The van der Waals surface area contributed by atoms with Crippen LogP contribution in [0.4, 0.5) is 0 Å². The second kappa shape index (κ2) is 8.43. The zero-order valence-corrected chi connectivity index (χ0v) is 18.2. The van der Waals surface area contributed by atoms with Crippen LogP contribution in [0.5, 0.6) is 0 Å². The molecule has 1 N–H and O–H groups in total. The molecule has 0 amide bonds. The molecule has 0 radical (unpaired) electrons. The van der Waals surface area contributed by atoms with Crippen LogP contribution in [0.1, 0.15) is 62.6 Å². The van der Waals surface area contributed by atoms with Gasteiger partial charge in [0.15, 0.2) is 0 Å². The molecule has 1 atom stereocenters. The molecule has 30 heavy (non-hydrogen) atoms. The maximum atomic E-state index is 4.77. The van der Waals surface area contributed by atoms with Crippen molar-refractivity contribution in [3.8, 4) is 0 Å². The van der Waals surface area contributed by atoms with Crippen LogP contribution in [0, 0.1) is 5.92 Å². The predicted octanol–water partition coefficient (Wildman–Crippen LogP) is 5.15. The monoisotopic (exact) mass is 402 g/mol. The summed E-state index contributed by atoms with van der Waals surface area (Å²) in [5.74, 6) is 1.31. The minimum atomic E-state index is 0.568. The molecule has 2 aromatic heterocycles. The Morgan fingerprint density at radius 2 is 2.03 bits per heavy atom. The summed E-state index contributed by atoms with van der Waals surface area (Å²) in [5.41, 5.74) is 7.49. The maximum Gasteiger partial charge on any atom is 0.137 e.